The van der Waals surface area contributed by atoms with E-state index < -0.39 is 6.10 Å². The second kappa shape index (κ2) is 66.9. The van der Waals surface area contributed by atoms with E-state index in [-0.39, 0.29) is 31.1 Å². The maximum atomic E-state index is 12.9. The maximum absolute atomic E-state index is 12.9. The van der Waals surface area contributed by atoms with Crippen LogP contribution in [0.25, 0.3) is 0 Å². The summed E-state index contributed by atoms with van der Waals surface area (Å²) in [5.41, 5.74) is 0. The highest BCUT2D eigenvalue weighted by atomic mass is 16.6. The Morgan fingerprint density at radius 2 is 0.462 bits per heavy atom. The molecule has 0 saturated heterocycles. The quantitative estimate of drug-likeness (QED) is 0.0261. The van der Waals surface area contributed by atoms with Crippen molar-refractivity contribution in [2.24, 2.45) is 0 Å². The Labute approximate surface area is 486 Å². The lowest BCUT2D eigenvalue weighted by molar-refractivity contribution is -0.167. The highest BCUT2D eigenvalue weighted by Gasteiger charge is 2.19. The largest absolute Gasteiger partial charge is 0.462 e. The van der Waals surface area contributed by atoms with Crippen LogP contribution in [0, 0.1) is 0 Å². The molecule has 456 valence electrons. The number of unbranched alkanes of at least 4 members (excludes halogenated alkanes) is 45. The van der Waals surface area contributed by atoms with Crippen molar-refractivity contribution in [3.05, 3.63) is 48.6 Å². The van der Waals surface area contributed by atoms with E-state index in [4.69, 9.17) is 14.2 Å². The first kappa shape index (κ1) is 75.4. The van der Waals surface area contributed by atoms with Crippen LogP contribution in [0.2, 0.25) is 0 Å². The Kier molecular flexibility index (Phi) is 64.6. The van der Waals surface area contributed by atoms with Gasteiger partial charge in [0.05, 0.1) is 0 Å². The van der Waals surface area contributed by atoms with E-state index in [0.29, 0.717) is 19.3 Å². The first-order chi connectivity index (χ1) is 38.5. The van der Waals surface area contributed by atoms with Gasteiger partial charge in [0.1, 0.15) is 13.2 Å². The van der Waals surface area contributed by atoms with Crippen molar-refractivity contribution < 1.29 is 28.6 Å². The molecule has 0 aromatic carbocycles. The van der Waals surface area contributed by atoms with Crippen molar-refractivity contribution in [1.82, 2.24) is 0 Å². The summed E-state index contributed by atoms with van der Waals surface area (Å²) in [4.78, 5) is 38.4. The SMILES string of the molecule is CCCCCC/C=C\CCCCCCCC(=O)OCC(COC(=O)CCCCCCCCCCCCCC/C=C\C/C=C\C/C=C\CCCCCCC)OC(=O)CCCCCCCCCCCCCCCCCCCCCC. The lowest BCUT2D eigenvalue weighted by atomic mass is 10.0. The van der Waals surface area contributed by atoms with E-state index in [1.165, 1.54) is 257 Å². The van der Waals surface area contributed by atoms with E-state index in [1.807, 2.05) is 0 Å². The summed E-state index contributed by atoms with van der Waals surface area (Å²) in [7, 11) is 0. The Morgan fingerprint density at radius 1 is 0.256 bits per heavy atom. The Balaban J connectivity index is 4.24. The van der Waals surface area contributed by atoms with Gasteiger partial charge in [0.15, 0.2) is 6.10 Å². The van der Waals surface area contributed by atoms with Crippen molar-refractivity contribution in [1.29, 1.82) is 0 Å². The van der Waals surface area contributed by atoms with Crippen LogP contribution in [-0.4, -0.2) is 37.2 Å². The van der Waals surface area contributed by atoms with E-state index >= 15 is 0 Å². The van der Waals surface area contributed by atoms with Gasteiger partial charge in [0, 0.05) is 19.3 Å². The molecular formula is C72H132O6. The molecule has 0 bridgehead atoms. The summed E-state index contributed by atoms with van der Waals surface area (Å²) < 4.78 is 17.0. The van der Waals surface area contributed by atoms with Crippen LogP contribution in [0.3, 0.4) is 0 Å². The monoisotopic (exact) mass is 1090 g/mol. The molecule has 0 amide bonds. The van der Waals surface area contributed by atoms with Gasteiger partial charge in [-0.2, -0.15) is 0 Å². The molecule has 0 aromatic rings. The van der Waals surface area contributed by atoms with E-state index in [2.05, 4.69) is 69.4 Å². The molecule has 0 aliphatic heterocycles. The van der Waals surface area contributed by atoms with Crippen LogP contribution in [0.1, 0.15) is 374 Å². The number of carbonyl (C=O) groups is 3. The van der Waals surface area contributed by atoms with Gasteiger partial charge in [0.2, 0.25) is 0 Å². The van der Waals surface area contributed by atoms with E-state index in [0.717, 1.165) is 77.0 Å². The third kappa shape index (κ3) is 64.2. The van der Waals surface area contributed by atoms with Gasteiger partial charge in [-0.05, 0) is 83.5 Å². The van der Waals surface area contributed by atoms with Crippen LogP contribution in [-0.2, 0) is 28.6 Å². The summed E-state index contributed by atoms with van der Waals surface area (Å²) in [6.45, 7) is 6.67. The number of carbonyl (C=O) groups excluding carboxylic acids is 3. The maximum Gasteiger partial charge on any atom is 0.306 e. The van der Waals surface area contributed by atoms with Gasteiger partial charge in [-0.1, -0.05) is 320 Å². The second-order valence-electron chi connectivity index (χ2n) is 23.4. The van der Waals surface area contributed by atoms with Crippen LogP contribution in [0.5, 0.6) is 0 Å². The lowest BCUT2D eigenvalue weighted by Gasteiger charge is -2.18. The minimum absolute atomic E-state index is 0.0724. The fraction of sp³-hybridized carbons (Fsp3) is 0.847. The molecule has 0 fully saturated rings. The van der Waals surface area contributed by atoms with Crippen LogP contribution in [0.4, 0.5) is 0 Å². The zero-order valence-electron chi connectivity index (χ0n) is 52.5. The smallest absolute Gasteiger partial charge is 0.306 e. The average Bonchev–Trinajstić information content (AvgIpc) is 3.44. The standard InChI is InChI=1S/C72H132O6/c1-4-7-10-13-16-19-22-25-27-29-31-33-34-35-36-37-38-39-41-42-44-47-50-53-56-59-62-65-71(74)77-68-69(67-76-70(73)64-61-58-55-52-49-46-24-21-18-15-12-9-6-3)78-72(75)66-63-60-57-54-51-48-45-43-40-32-30-28-26-23-20-17-14-11-8-5-2/h21-22,24-25,29,31,34-35,69H,4-20,23,26-28,30,32-33,36-68H2,1-3H3/b24-21-,25-22-,31-29-,35-34-. The Morgan fingerprint density at radius 3 is 0.744 bits per heavy atom. The molecule has 0 aliphatic carbocycles. The number of esters is 3. The number of hydrogen-bond donors (Lipinski definition) is 0. The molecule has 1 unspecified atom stereocenters. The van der Waals surface area contributed by atoms with Gasteiger partial charge in [-0.25, -0.2) is 0 Å². The molecule has 1 atom stereocenters. The summed E-state index contributed by atoms with van der Waals surface area (Å²) >= 11 is 0. The van der Waals surface area contributed by atoms with Gasteiger partial charge in [0.25, 0.3) is 0 Å². The van der Waals surface area contributed by atoms with Crippen molar-refractivity contribution in [2.75, 3.05) is 13.2 Å². The first-order valence-electron chi connectivity index (χ1n) is 34.6. The predicted octanol–water partition coefficient (Wildman–Crippen LogP) is 23.7. The molecule has 0 rings (SSSR count). The molecule has 0 N–H and O–H groups in total. The minimum Gasteiger partial charge on any atom is -0.462 e. The highest BCUT2D eigenvalue weighted by Crippen LogP contribution is 2.18. The molecule has 0 heterocycles. The summed E-state index contributed by atoms with van der Waals surface area (Å²) in [6, 6.07) is 0. The second-order valence-corrected chi connectivity index (χ2v) is 23.4. The number of ether oxygens (including phenoxy) is 3. The van der Waals surface area contributed by atoms with Gasteiger partial charge >= 0.3 is 17.9 Å². The number of hydrogen-bond acceptors (Lipinski definition) is 6. The molecule has 78 heavy (non-hydrogen) atoms. The predicted molar refractivity (Wildman–Crippen MR) is 339 cm³/mol. The fourth-order valence-electron chi connectivity index (χ4n) is 10.3. The topological polar surface area (TPSA) is 78.9 Å². The van der Waals surface area contributed by atoms with E-state index in [1.54, 1.807) is 0 Å². The van der Waals surface area contributed by atoms with Crippen LogP contribution >= 0.6 is 0 Å². The minimum atomic E-state index is -0.776. The summed E-state index contributed by atoms with van der Waals surface area (Å²) in [5.74, 6) is -0.858. The van der Waals surface area contributed by atoms with Crippen LogP contribution < -0.4 is 0 Å². The molecule has 0 spiro atoms. The van der Waals surface area contributed by atoms with Crippen molar-refractivity contribution in [3.63, 3.8) is 0 Å². The van der Waals surface area contributed by atoms with Gasteiger partial charge in [-0.3, -0.25) is 14.4 Å². The molecule has 0 radical (unpaired) electrons. The molecular weight excluding hydrogens is 961 g/mol. The van der Waals surface area contributed by atoms with Crippen LogP contribution in [0.15, 0.2) is 48.6 Å². The summed E-state index contributed by atoms with van der Waals surface area (Å²) in [6.07, 6.45) is 84.2. The van der Waals surface area contributed by atoms with Crippen molar-refractivity contribution >= 4 is 17.9 Å². The van der Waals surface area contributed by atoms with Gasteiger partial charge < -0.3 is 14.2 Å². The fourth-order valence-corrected chi connectivity index (χ4v) is 10.3. The molecule has 0 aliphatic rings. The van der Waals surface area contributed by atoms with E-state index in [9.17, 15) is 14.4 Å². The molecule has 6 heteroatoms. The summed E-state index contributed by atoms with van der Waals surface area (Å²) in [5, 5.41) is 0. The third-order valence-corrected chi connectivity index (χ3v) is 15.6. The number of rotatable bonds is 64. The average molecular weight is 1090 g/mol. The Hall–Kier alpha value is -2.63. The van der Waals surface area contributed by atoms with Crippen molar-refractivity contribution in [2.45, 2.75) is 380 Å². The number of allylic oxidation sites excluding steroid dienone is 8. The zero-order chi connectivity index (χ0) is 56.4. The lowest BCUT2D eigenvalue weighted by Crippen LogP contribution is -2.30. The zero-order valence-corrected chi connectivity index (χ0v) is 52.5. The van der Waals surface area contributed by atoms with Crippen molar-refractivity contribution in [3.8, 4) is 0 Å². The normalized spacial score (nSPS) is 12.3. The molecule has 0 saturated carbocycles. The first-order valence-corrected chi connectivity index (χ1v) is 34.6. The third-order valence-electron chi connectivity index (χ3n) is 15.6. The highest BCUT2D eigenvalue weighted by molar-refractivity contribution is 5.71. The Bertz CT molecular complexity index is 1350. The van der Waals surface area contributed by atoms with Gasteiger partial charge in [-0.15, -0.1) is 0 Å². The molecule has 6 nitrogen and oxygen atoms in total. The molecule has 0 aromatic heterocycles.